The number of aromatic nitrogens is 3. The molecule has 2 aromatic carbocycles. The van der Waals surface area contributed by atoms with Crippen molar-refractivity contribution in [1.29, 1.82) is 0 Å². The van der Waals surface area contributed by atoms with Gasteiger partial charge in [-0.05, 0) is 35.7 Å². The molecule has 1 aliphatic carbocycles. The van der Waals surface area contributed by atoms with Crippen LogP contribution in [0.25, 0.3) is 22.3 Å². The van der Waals surface area contributed by atoms with Crippen LogP contribution >= 0.6 is 0 Å². The van der Waals surface area contributed by atoms with E-state index in [0.29, 0.717) is 11.1 Å². The molecule has 0 bridgehead atoms. The summed E-state index contributed by atoms with van der Waals surface area (Å²) in [6, 6.07) is 16.4. The average Bonchev–Trinajstić information content (AvgIpc) is 3.43. The lowest BCUT2D eigenvalue weighted by molar-refractivity contribution is 0.0946. The van der Waals surface area contributed by atoms with E-state index in [4.69, 9.17) is 5.73 Å². The third-order valence-electron chi connectivity index (χ3n) is 5.82. The number of nitrogens with zero attached hydrogens (tertiary/aromatic N) is 3. The van der Waals surface area contributed by atoms with Gasteiger partial charge in [0.25, 0.3) is 5.91 Å². The highest BCUT2D eigenvalue weighted by atomic mass is 19.1. The lowest BCUT2D eigenvalue weighted by Crippen LogP contribution is -2.27. The molecule has 0 spiro atoms. The molecule has 2 atom stereocenters. The van der Waals surface area contributed by atoms with Gasteiger partial charge in [0.15, 0.2) is 0 Å². The Bertz CT molecular complexity index is 1300. The Balaban J connectivity index is 1.35. The first-order valence-corrected chi connectivity index (χ1v) is 10.4. The fourth-order valence-electron chi connectivity index (χ4n) is 3.97. The van der Waals surface area contributed by atoms with E-state index in [1.807, 2.05) is 49.6 Å². The number of carbonyl (C=O) groups excluding carboxylic acids is 1. The molecule has 1 aliphatic rings. The first-order valence-electron chi connectivity index (χ1n) is 10.4. The van der Waals surface area contributed by atoms with Crippen molar-refractivity contribution in [3.05, 3.63) is 90.1 Å². The van der Waals surface area contributed by atoms with Crippen LogP contribution < -0.4 is 11.1 Å². The maximum atomic E-state index is 14.9. The van der Waals surface area contributed by atoms with E-state index in [2.05, 4.69) is 15.4 Å². The van der Waals surface area contributed by atoms with Crippen molar-refractivity contribution in [3.8, 4) is 22.3 Å². The second-order valence-corrected chi connectivity index (χ2v) is 8.09. The number of nitrogen functional groups attached to an aromatic ring is 1. The summed E-state index contributed by atoms with van der Waals surface area (Å²) in [5.74, 6) is -0.433. The molecule has 1 saturated carbocycles. The highest BCUT2D eigenvalue weighted by Crippen LogP contribution is 2.40. The Kier molecular flexibility index (Phi) is 4.93. The fraction of sp³-hybridized carbons (Fsp3) is 0.160. The Morgan fingerprint density at radius 3 is 2.62 bits per heavy atom. The Hall–Kier alpha value is -4.00. The summed E-state index contributed by atoms with van der Waals surface area (Å²) >= 11 is 0. The van der Waals surface area contributed by atoms with Gasteiger partial charge >= 0.3 is 0 Å². The van der Waals surface area contributed by atoms with Gasteiger partial charge < -0.3 is 11.1 Å². The summed E-state index contributed by atoms with van der Waals surface area (Å²) in [6.07, 6.45) is 6.11. The molecular formula is C25H22FN5O. The number of halogens is 1. The predicted molar refractivity (Wildman–Crippen MR) is 121 cm³/mol. The molecule has 2 aromatic heterocycles. The molecule has 5 rings (SSSR count). The molecule has 1 fully saturated rings. The van der Waals surface area contributed by atoms with Crippen molar-refractivity contribution in [2.24, 2.45) is 7.05 Å². The van der Waals surface area contributed by atoms with Gasteiger partial charge in [0.1, 0.15) is 11.6 Å². The summed E-state index contributed by atoms with van der Waals surface area (Å²) in [4.78, 5) is 16.9. The van der Waals surface area contributed by atoms with Crippen molar-refractivity contribution in [3.63, 3.8) is 0 Å². The van der Waals surface area contributed by atoms with Crippen molar-refractivity contribution in [2.45, 2.75) is 18.4 Å². The van der Waals surface area contributed by atoms with Crippen molar-refractivity contribution < 1.29 is 9.18 Å². The number of hydrogen-bond donors (Lipinski definition) is 2. The normalized spacial score (nSPS) is 17.2. The highest BCUT2D eigenvalue weighted by molar-refractivity contribution is 5.95. The van der Waals surface area contributed by atoms with Gasteiger partial charge in [0.05, 0.1) is 11.8 Å². The molecule has 4 aromatic rings. The number of amides is 1. The van der Waals surface area contributed by atoms with Crippen molar-refractivity contribution in [1.82, 2.24) is 20.1 Å². The van der Waals surface area contributed by atoms with Crippen LogP contribution in [0.5, 0.6) is 0 Å². The third-order valence-corrected chi connectivity index (χ3v) is 5.82. The Labute approximate surface area is 184 Å². The molecule has 0 aliphatic heterocycles. The van der Waals surface area contributed by atoms with Crippen LogP contribution in [0, 0.1) is 5.82 Å². The maximum absolute atomic E-state index is 14.9. The summed E-state index contributed by atoms with van der Waals surface area (Å²) in [5.41, 5.74) is 10.1. The number of anilines is 1. The van der Waals surface area contributed by atoms with E-state index in [1.165, 1.54) is 17.7 Å². The van der Waals surface area contributed by atoms with Gasteiger partial charge in [-0.25, -0.2) is 9.37 Å². The maximum Gasteiger partial charge on any atom is 0.254 e. The topological polar surface area (TPSA) is 85.8 Å². The van der Waals surface area contributed by atoms with Crippen molar-refractivity contribution in [2.75, 3.05) is 5.73 Å². The van der Waals surface area contributed by atoms with E-state index in [9.17, 15) is 9.18 Å². The molecule has 1 amide bonds. The zero-order valence-electron chi connectivity index (χ0n) is 17.5. The largest absolute Gasteiger partial charge is 0.383 e. The molecule has 7 heteroatoms. The Morgan fingerprint density at radius 1 is 1.09 bits per heavy atom. The molecule has 0 saturated heterocycles. The number of nitrogens with one attached hydrogen (secondary N) is 1. The zero-order valence-corrected chi connectivity index (χ0v) is 17.5. The number of aryl methyl sites for hydroxylation is 1. The van der Waals surface area contributed by atoms with Gasteiger partial charge in [-0.15, -0.1) is 0 Å². The molecule has 2 unspecified atom stereocenters. The second-order valence-electron chi connectivity index (χ2n) is 8.09. The number of carbonyl (C=O) groups is 1. The lowest BCUT2D eigenvalue weighted by Gasteiger charge is -2.10. The molecule has 6 nitrogen and oxygen atoms in total. The van der Waals surface area contributed by atoms with Crippen LogP contribution in [0.1, 0.15) is 28.3 Å². The van der Waals surface area contributed by atoms with Gasteiger partial charge in [0.2, 0.25) is 0 Å². The van der Waals surface area contributed by atoms with E-state index in [1.54, 1.807) is 23.1 Å². The molecule has 2 heterocycles. The number of pyridine rings is 1. The van der Waals surface area contributed by atoms with E-state index >= 15 is 0 Å². The first kappa shape index (κ1) is 19.9. The molecule has 32 heavy (non-hydrogen) atoms. The summed E-state index contributed by atoms with van der Waals surface area (Å²) in [5, 5.41) is 7.11. The minimum Gasteiger partial charge on any atom is -0.383 e. The summed E-state index contributed by atoms with van der Waals surface area (Å²) in [7, 11) is 1.83. The van der Waals surface area contributed by atoms with E-state index in [-0.39, 0.29) is 23.3 Å². The smallest absolute Gasteiger partial charge is 0.254 e. The van der Waals surface area contributed by atoms with Crippen LogP contribution in [0.15, 0.2) is 73.2 Å². The minimum atomic E-state index is -0.594. The second kappa shape index (κ2) is 7.92. The molecule has 160 valence electrons. The van der Waals surface area contributed by atoms with Gasteiger partial charge in [-0.3, -0.25) is 9.48 Å². The first-order chi connectivity index (χ1) is 15.5. The van der Waals surface area contributed by atoms with Crippen LogP contribution in [0.2, 0.25) is 0 Å². The number of nitrogens with two attached hydrogens (primary N) is 1. The van der Waals surface area contributed by atoms with Crippen LogP contribution in [0.4, 0.5) is 10.2 Å². The number of benzene rings is 2. The molecular weight excluding hydrogens is 405 g/mol. The van der Waals surface area contributed by atoms with Gasteiger partial charge in [0, 0.05) is 48.1 Å². The van der Waals surface area contributed by atoms with Gasteiger partial charge in [-0.1, -0.05) is 36.4 Å². The summed E-state index contributed by atoms with van der Waals surface area (Å²) in [6.45, 7) is 0. The van der Waals surface area contributed by atoms with E-state index < -0.39 is 11.7 Å². The number of hydrogen-bond acceptors (Lipinski definition) is 4. The SMILES string of the molecule is Cn1cc(-c2cnc(N)c(-c3ccc(C(=O)NC4CC4c4ccccc4)c(F)c3)c2)cn1. The molecule has 0 radical (unpaired) electrons. The zero-order chi connectivity index (χ0) is 22.2. The van der Waals surface area contributed by atoms with Crippen LogP contribution in [-0.4, -0.2) is 26.7 Å². The van der Waals surface area contributed by atoms with Crippen molar-refractivity contribution >= 4 is 11.7 Å². The lowest BCUT2D eigenvalue weighted by atomic mass is 10.0. The Morgan fingerprint density at radius 2 is 1.91 bits per heavy atom. The van der Waals surface area contributed by atoms with Crippen LogP contribution in [0.3, 0.4) is 0 Å². The third kappa shape index (κ3) is 3.85. The standard InChI is InChI=1S/C25H22FN5O/c1-31-14-18(13-29-31)17-9-21(24(27)28-12-17)16-7-8-19(22(26)10-16)25(32)30-23-11-20(23)15-5-3-2-4-6-15/h2-10,12-14,20,23H,11H2,1H3,(H2,27,28)(H,30,32). The molecule has 3 N–H and O–H groups in total. The fourth-order valence-corrected chi connectivity index (χ4v) is 3.97. The monoisotopic (exact) mass is 427 g/mol. The number of rotatable bonds is 5. The highest BCUT2D eigenvalue weighted by Gasteiger charge is 2.39. The average molecular weight is 427 g/mol. The van der Waals surface area contributed by atoms with E-state index in [0.717, 1.165) is 17.5 Å². The quantitative estimate of drug-likeness (QED) is 0.501. The minimum absolute atomic E-state index is 0.0161. The summed E-state index contributed by atoms with van der Waals surface area (Å²) < 4.78 is 16.6. The van der Waals surface area contributed by atoms with Gasteiger partial charge in [-0.2, -0.15) is 5.10 Å². The van der Waals surface area contributed by atoms with Crippen LogP contribution in [-0.2, 0) is 7.05 Å². The predicted octanol–water partition coefficient (Wildman–Crippen LogP) is 4.16.